The molecule has 0 spiro atoms. The summed E-state index contributed by atoms with van der Waals surface area (Å²) in [6, 6.07) is 15.4. The lowest BCUT2D eigenvalue weighted by Gasteiger charge is -2.21. The van der Waals surface area contributed by atoms with Crippen molar-refractivity contribution in [1.29, 1.82) is 0 Å². The third kappa shape index (κ3) is 1.58. The molecule has 26 heavy (non-hydrogen) atoms. The molecular weight excluding hydrogens is 456 g/mol. The lowest BCUT2D eigenvalue weighted by molar-refractivity contribution is 1.63. The number of halogens is 2. The van der Waals surface area contributed by atoms with E-state index in [0.717, 1.165) is 41.6 Å². The Balaban J connectivity index is 2.16. The fourth-order valence-corrected chi connectivity index (χ4v) is 5.39. The van der Waals surface area contributed by atoms with Crippen molar-refractivity contribution in [2.24, 2.45) is 0 Å². The SMILES string of the molecule is O=c1c2ccc3ccc(Br)c4c(=O)c5ccc6cc(Br)cc1c6c5-c2c34. The first-order valence-electron chi connectivity index (χ1n) is 8.17. The van der Waals surface area contributed by atoms with E-state index in [2.05, 4.69) is 31.9 Å². The van der Waals surface area contributed by atoms with E-state index in [9.17, 15) is 9.59 Å². The number of hydrogen-bond donors (Lipinski definition) is 0. The van der Waals surface area contributed by atoms with Crippen molar-refractivity contribution in [3.63, 3.8) is 0 Å². The minimum Gasteiger partial charge on any atom is -0.289 e. The molecule has 6 rings (SSSR count). The molecule has 0 unspecified atom stereocenters. The molecule has 0 aliphatic heterocycles. The van der Waals surface area contributed by atoms with Crippen LogP contribution in [0.3, 0.4) is 0 Å². The maximum Gasteiger partial charge on any atom is 0.195 e. The van der Waals surface area contributed by atoms with E-state index in [1.165, 1.54) is 0 Å². The van der Waals surface area contributed by atoms with Crippen LogP contribution in [0.2, 0.25) is 0 Å². The van der Waals surface area contributed by atoms with Crippen LogP contribution in [0.25, 0.3) is 54.2 Å². The summed E-state index contributed by atoms with van der Waals surface area (Å²) in [7, 11) is 0. The molecule has 0 heterocycles. The van der Waals surface area contributed by atoms with Crippen molar-refractivity contribution in [3.05, 3.63) is 77.9 Å². The van der Waals surface area contributed by atoms with E-state index in [1.54, 1.807) is 0 Å². The zero-order chi connectivity index (χ0) is 17.7. The van der Waals surface area contributed by atoms with Gasteiger partial charge >= 0.3 is 0 Å². The van der Waals surface area contributed by atoms with Gasteiger partial charge in [-0.05, 0) is 41.1 Å². The highest BCUT2D eigenvalue weighted by molar-refractivity contribution is 9.11. The fourth-order valence-electron chi connectivity index (χ4n) is 4.40. The first-order chi connectivity index (χ1) is 12.6. The predicted molar refractivity (Wildman–Crippen MR) is 115 cm³/mol. The standard InChI is InChI=1S/C22H8Br2O2/c23-11-7-10-2-5-13-18-16(10)14(8-11)21(25)12-4-1-9-3-6-15(24)20(22(13)26)17(9)19(12)18/h1-8H. The van der Waals surface area contributed by atoms with Crippen LogP contribution in [0.4, 0.5) is 0 Å². The Kier molecular flexibility index (Phi) is 2.68. The highest BCUT2D eigenvalue weighted by Crippen LogP contribution is 2.46. The van der Waals surface area contributed by atoms with Crippen molar-refractivity contribution in [2.75, 3.05) is 0 Å². The Bertz CT molecular complexity index is 1590. The summed E-state index contributed by atoms with van der Waals surface area (Å²) < 4.78 is 1.63. The van der Waals surface area contributed by atoms with Gasteiger partial charge in [0.25, 0.3) is 0 Å². The Labute approximate surface area is 163 Å². The van der Waals surface area contributed by atoms with E-state index >= 15 is 0 Å². The third-order valence-electron chi connectivity index (χ3n) is 5.43. The quantitative estimate of drug-likeness (QED) is 0.205. The molecule has 2 aliphatic carbocycles. The second-order valence-corrected chi connectivity index (χ2v) is 8.48. The van der Waals surface area contributed by atoms with Gasteiger partial charge in [0.1, 0.15) is 0 Å². The molecule has 4 aromatic carbocycles. The van der Waals surface area contributed by atoms with Crippen LogP contribution in [0.5, 0.6) is 0 Å². The zero-order valence-corrected chi connectivity index (χ0v) is 16.4. The second kappa shape index (κ2) is 4.70. The van der Waals surface area contributed by atoms with Crippen molar-refractivity contribution in [1.82, 2.24) is 0 Å². The Hall–Kier alpha value is -2.30. The van der Waals surface area contributed by atoms with E-state index in [-0.39, 0.29) is 10.9 Å². The number of hydrogen-bond acceptors (Lipinski definition) is 2. The second-order valence-electron chi connectivity index (χ2n) is 6.71. The van der Waals surface area contributed by atoms with E-state index in [1.807, 2.05) is 48.5 Å². The van der Waals surface area contributed by atoms with Crippen molar-refractivity contribution in [2.45, 2.75) is 0 Å². The molecule has 0 aromatic heterocycles. The van der Waals surface area contributed by atoms with Crippen LogP contribution in [0, 0.1) is 0 Å². The summed E-state index contributed by atoms with van der Waals surface area (Å²) in [6.45, 7) is 0. The fraction of sp³-hybridized carbons (Fsp3) is 0. The molecule has 2 nitrogen and oxygen atoms in total. The van der Waals surface area contributed by atoms with Gasteiger partial charge in [-0.2, -0.15) is 0 Å². The molecule has 2 aliphatic rings. The molecule has 4 aromatic rings. The minimum atomic E-state index is 0.00671. The monoisotopic (exact) mass is 462 g/mol. The Morgan fingerprint density at radius 3 is 2.04 bits per heavy atom. The van der Waals surface area contributed by atoms with Gasteiger partial charge < -0.3 is 0 Å². The molecule has 0 saturated carbocycles. The Morgan fingerprint density at radius 2 is 1.23 bits per heavy atom. The summed E-state index contributed by atoms with van der Waals surface area (Å²) >= 11 is 7.05. The number of benzene rings is 6. The van der Waals surface area contributed by atoms with Gasteiger partial charge in [-0.1, -0.05) is 50.1 Å². The average Bonchev–Trinajstić information content (AvgIpc) is 2.63. The molecule has 122 valence electrons. The zero-order valence-electron chi connectivity index (χ0n) is 13.2. The molecule has 0 radical (unpaired) electrons. The maximum atomic E-state index is 13.3. The van der Waals surface area contributed by atoms with Crippen molar-refractivity contribution >= 4 is 74.9 Å². The molecule has 0 amide bonds. The van der Waals surface area contributed by atoms with Gasteiger partial charge in [0.2, 0.25) is 0 Å². The summed E-state index contributed by atoms with van der Waals surface area (Å²) in [5.41, 5.74) is 1.82. The summed E-state index contributed by atoms with van der Waals surface area (Å²) in [5.74, 6) is 0. The van der Waals surface area contributed by atoms with Crippen LogP contribution < -0.4 is 10.9 Å². The lowest BCUT2D eigenvalue weighted by atomic mass is 9.81. The molecular formula is C22H8Br2O2. The maximum absolute atomic E-state index is 13.3. The molecule has 0 fully saturated rings. The Morgan fingerprint density at radius 1 is 0.577 bits per heavy atom. The molecule has 4 heteroatoms. The van der Waals surface area contributed by atoms with Gasteiger partial charge in [-0.3, -0.25) is 9.59 Å². The number of rotatable bonds is 0. The highest BCUT2D eigenvalue weighted by atomic mass is 79.9. The van der Waals surface area contributed by atoms with E-state index in [0.29, 0.717) is 21.5 Å². The van der Waals surface area contributed by atoms with Crippen LogP contribution in [-0.4, -0.2) is 0 Å². The average molecular weight is 464 g/mol. The van der Waals surface area contributed by atoms with Crippen LogP contribution in [0.1, 0.15) is 0 Å². The largest absolute Gasteiger partial charge is 0.289 e. The minimum absolute atomic E-state index is 0.00671. The van der Waals surface area contributed by atoms with Crippen molar-refractivity contribution < 1.29 is 0 Å². The summed E-state index contributed by atoms with van der Waals surface area (Å²) in [6.07, 6.45) is 0. The van der Waals surface area contributed by atoms with Crippen LogP contribution >= 0.6 is 31.9 Å². The van der Waals surface area contributed by atoms with Gasteiger partial charge in [-0.25, -0.2) is 0 Å². The molecule has 0 saturated heterocycles. The van der Waals surface area contributed by atoms with Gasteiger partial charge in [0.15, 0.2) is 10.9 Å². The van der Waals surface area contributed by atoms with Crippen LogP contribution in [-0.2, 0) is 0 Å². The third-order valence-corrected chi connectivity index (χ3v) is 6.55. The van der Waals surface area contributed by atoms with Gasteiger partial charge in [0, 0.05) is 52.4 Å². The summed E-state index contributed by atoms with van der Waals surface area (Å²) in [5, 5.41) is 6.36. The smallest absolute Gasteiger partial charge is 0.195 e. The van der Waals surface area contributed by atoms with E-state index < -0.39 is 0 Å². The predicted octanol–water partition coefficient (Wildman–Crippen LogP) is 5.96. The topological polar surface area (TPSA) is 34.1 Å². The lowest BCUT2D eigenvalue weighted by Crippen LogP contribution is -2.13. The van der Waals surface area contributed by atoms with E-state index in [4.69, 9.17) is 0 Å². The normalized spacial score (nSPS) is 12.5. The van der Waals surface area contributed by atoms with Gasteiger partial charge in [-0.15, -0.1) is 0 Å². The highest BCUT2D eigenvalue weighted by Gasteiger charge is 2.26. The summed E-state index contributed by atoms with van der Waals surface area (Å²) in [4.78, 5) is 26.6. The first-order valence-corrected chi connectivity index (χ1v) is 9.76. The van der Waals surface area contributed by atoms with Crippen molar-refractivity contribution in [3.8, 4) is 11.1 Å². The van der Waals surface area contributed by atoms with Gasteiger partial charge in [0.05, 0.1) is 0 Å². The van der Waals surface area contributed by atoms with Crippen LogP contribution in [0.15, 0.2) is 67.1 Å². The molecule has 0 N–H and O–H groups in total. The first kappa shape index (κ1) is 14.8. The molecule has 0 bridgehead atoms. The molecule has 0 atom stereocenters.